The van der Waals surface area contributed by atoms with Crippen LogP contribution >= 0.6 is 11.6 Å². The van der Waals surface area contributed by atoms with Crippen molar-refractivity contribution in [1.82, 2.24) is 5.32 Å². The number of amidine groups is 2. The van der Waals surface area contributed by atoms with Crippen LogP contribution in [0.2, 0.25) is 5.02 Å². The monoisotopic (exact) mass is 485 g/mol. The van der Waals surface area contributed by atoms with Crippen LogP contribution < -0.4 is 5.32 Å². The number of fused-ring (bicyclic) bond motifs is 4. The highest BCUT2D eigenvalue weighted by Crippen LogP contribution is 2.34. The second kappa shape index (κ2) is 8.36. The normalized spacial score (nSPS) is 15.6. The fourth-order valence-electron chi connectivity index (χ4n) is 4.77. The second-order valence-corrected chi connectivity index (χ2v) is 9.27. The van der Waals surface area contributed by atoms with Gasteiger partial charge in [0.15, 0.2) is 5.84 Å². The maximum atomic E-state index is 6.85. The van der Waals surface area contributed by atoms with Gasteiger partial charge in [-0.05, 0) is 40.6 Å². The minimum atomic E-state index is -0.303. The Balaban J connectivity index is 1.40. The highest BCUT2D eigenvalue weighted by atomic mass is 35.5. The summed E-state index contributed by atoms with van der Waals surface area (Å²) < 4.78 is 6.13. The summed E-state index contributed by atoms with van der Waals surface area (Å²) >= 11 is 6.85. The average molecular weight is 486 g/mol. The predicted octanol–water partition coefficient (Wildman–Crippen LogP) is 7.89. The SMILES string of the molecule is Clc1cc2c(cc1C1=NC(c3ccccc3)NC(c3ccc4ccccc4c3)=N1)oc1ccccc12. The van der Waals surface area contributed by atoms with Crippen molar-refractivity contribution >= 4 is 56.0 Å². The molecule has 36 heavy (non-hydrogen) atoms. The minimum absolute atomic E-state index is 0.303. The molecule has 5 heteroatoms. The topological polar surface area (TPSA) is 49.9 Å². The van der Waals surface area contributed by atoms with E-state index in [1.54, 1.807) is 0 Å². The van der Waals surface area contributed by atoms with Crippen LogP contribution in [0, 0.1) is 0 Å². The first kappa shape index (κ1) is 20.9. The molecule has 0 bridgehead atoms. The molecule has 0 amide bonds. The van der Waals surface area contributed by atoms with Crippen molar-refractivity contribution in [3.05, 3.63) is 131 Å². The van der Waals surface area contributed by atoms with Gasteiger partial charge >= 0.3 is 0 Å². The third-order valence-corrected chi connectivity index (χ3v) is 6.90. The Morgan fingerprint density at radius 1 is 0.694 bits per heavy atom. The third-order valence-electron chi connectivity index (χ3n) is 6.59. The van der Waals surface area contributed by atoms with Crippen molar-refractivity contribution in [2.24, 2.45) is 9.98 Å². The van der Waals surface area contributed by atoms with Gasteiger partial charge in [-0.2, -0.15) is 0 Å². The summed E-state index contributed by atoms with van der Waals surface area (Å²) in [5, 5.41) is 8.47. The van der Waals surface area contributed by atoms with Crippen LogP contribution in [0.1, 0.15) is 22.9 Å². The number of rotatable bonds is 3. The lowest BCUT2D eigenvalue weighted by Crippen LogP contribution is -2.33. The summed E-state index contributed by atoms with van der Waals surface area (Å²) in [6.07, 6.45) is -0.303. The maximum Gasteiger partial charge on any atom is 0.161 e. The molecule has 1 aromatic heterocycles. The van der Waals surface area contributed by atoms with Crippen molar-refractivity contribution in [1.29, 1.82) is 0 Å². The van der Waals surface area contributed by atoms with E-state index in [1.165, 1.54) is 5.39 Å². The fraction of sp³-hybridized carbons (Fsp3) is 0.0323. The Kier molecular flexibility index (Phi) is 4.86. The van der Waals surface area contributed by atoms with Gasteiger partial charge in [0.1, 0.15) is 23.2 Å². The van der Waals surface area contributed by atoms with Gasteiger partial charge in [-0.3, -0.25) is 0 Å². The smallest absolute Gasteiger partial charge is 0.161 e. The summed E-state index contributed by atoms with van der Waals surface area (Å²) in [7, 11) is 0. The standard InChI is InChI=1S/C31H20ClN3O/c32-26-17-24-23-12-6-7-13-27(23)36-28(24)18-25(26)31-34-29(20-9-2-1-3-10-20)33-30(35-31)22-15-14-19-8-4-5-11-21(19)16-22/h1-18,29H,(H,33,34,35). The molecule has 1 N–H and O–H groups in total. The van der Waals surface area contributed by atoms with E-state index < -0.39 is 0 Å². The van der Waals surface area contributed by atoms with Crippen molar-refractivity contribution in [3.63, 3.8) is 0 Å². The first-order valence-corrected chi connectivity index (χ1v) is 12.2. The summed E-state index contributed by atoms with van der Waals surface area (Å²) in [6.45, 7) is 0. The van der Waals surface area contributed by atoms with Gasteiger partial charge < -0.3 is 9.73 Å². The van der Waals surface area contributed by atoms with Crippen LogP contribution in [0.4, 0.5) is 0 Å². The van der Waals surface area contributed by atoms with Crippen molar-refractivity contribution in [2.45, 2.75) is 6.17 Å². The first-order chi connectivity index (χ1) is 17.7. The summed E-state index contributed by atoms with van der Waals surface area (Å²) in [5.41, 5.74) is 4.36. The molecule has 172 valence electrons. The van der Waals surface area contributed by atoms with E-state index in [4.69, 9.17) is 26.0 Å². The van der Waals surface area contributed by atoms with Crippen LogP contribution in [0.15, 0.2) is 124 Å². The maximum absolute atomic E-state index is 6.85. The van der Waals surface area contributed by atoms with Crippen LogP contribution in [0.25, 0.3) is 32.7 Å². The number of nitrogens with zero attached hydrogens (tertiary/aromatic N) is 2. The number of para-hydroxylation sites is 1. The molecule has 1 unspecified atom stereocenters. The highest BCUT2D eigenvalue weighted by molar-refractivity contribution is 6.36. The number of hydrogen-bond acceptors (Lipinski definition) is 4. The summed E-state index contributed by atoms with van der Waals surface area (Å²) in [4.78, 5) is 9.93. The Hall–Kier alpha value is -4.41. The molecule has 7 rings (SSSR count). The zero-order valence-corrected chi connectivity index (χ0v) is 19.9. The van der Waals surface area contributed by atoms with E-state index in [1.807, 2.05) is 66.7 Å². The second-order valence-electron chi connectivity index (χ2n) is 8.86. The average Bonchev–Trinajstić information content (AvgIpc) is 3.30. The zero-order chi connectivity index (χ0) is 24.1. The van der Waals surface area contributed by atoms with E-state index in [0.29, 0.717) is 10.9 Å². The van der Waals surface area contributed by atoms with E-state index in [9.17, 15) is 0 Å². The molecular formula is C31H20ClN3O. The number of halogens is 1. The Morgan fingerprint density at radius 2 is 1.47 bits per heavy atom. The van der Waals surface area contributed by atoms with Gasteiger partial charge in [-0.1, -0.05) is 96.5 Å². The molecule has 0 fully saturated rings. The third kappa shape index (κ3) is 3.55. The molecule has 1 aliphatic heterocycles. The van der Waals surface area contributed by atoms with E-state index in [0.717, 1.165) is 49.9 Å². The molecule has 4 nitrogen and oxygen atoms in total. The minimum Gasteiger partial charge on any atom is -0.456 e. The quantitative estimate of drug-likeness (QED) is 0.277. The fourth-order valence-corrected chi connectivity index (χ4v) is 5.02. The number of aliphatic imine (C=N–C) groups is 2. The number of nitrogens with one attached hydrogen (secondary N) is 1. The highest BCUT2D eigenvalue weighted by Gasteiger charge is 2.23. The Morgan fingerprint density at radius 3 is 2.36 bits per heavy atom. The molecular weight excluding hydrogens is 466 g/mol. The number of benzene rings is 5. The van der Waals surface area contributed by atoms with Crippen molar-refractivity contribution in [3.8, 4) is 0 Å². The van der Waals surface area contributed by atoms with Crippen LogP contribution in [-0.2, 0) is 0 Å². The predicted molar refractivity (Wildman–Crippen MR) is 148 cm³/mol. The van der Waals surface area contributed by atoms with Gasteiger partial charge in [-0.15, -0.1) is 0 Å². The van der Waals surface area contributed by atoms with Crippen molar-refractivity contribution < 1.29 is 4.42 Å². The largest absolute Gasteiger partial charge is 0.456 e. The summed E-state index contributed by atoms with van der Waals surface area (Å²) in [6, 6.07) is 36.7. The number of furan rings is 1. The van der Waals surface area contributed by atoms with Crippen LogP contribution in [-0.4, -0.2) is 11.7 Å². The first-order valence-electron chi connectivity index (χ1n) is 11.8. The lowest BCUT2D eigenvalue weighted by atomic mass is 10.0. The lowest BCUT2D eigenvalue weighted by molar-refractivity contribution is 0.667. The van der Waals surface area contributed by atoms with Gasteiger partial charge in [0.25, 0.3) is 0 Å². The number of hydrogen-bond donors (Lipinski definition) is 1. The summed E-state index contributed by atoms with van der Waals surface area (Å²) in [5.74, 6) is 1.32. The van der Waals surface area contributed by atoms with Crippen LogP contribution in [0.5, 0.6) is 0 Å². The van der Waals surface area contributed by atoms with Gasteiger partial charge in [0.05, 0.1) is 5.02 Å². The van der Waals surface area contributed by atoms with E-state index in [2.05, 4.69) is 47.8 Å². The van der Waals surface area contributed by atoms with Crippen LogP contribution in [0.3, 0.4) is 0 Å². The lowest BCUT2D eigenvalue weighted by Gasteiger charge is -2.24. The molecule has 5 aromatic carbocycles. The Bertz CT molecular complexity index is 1840. The molecule has 6 aromatic rings. The van der Waals surface area contributed by atoms with Gasteiger partial charge in [-0.25, -0.2) is 9.98 Å². The molecule has 0 aliphatic carbocycles. The molecule has 0 saturated heterocycles. The zero-order valence-electron chi connectivity index (χ0n) is 19.2. The molecule has 1 atom stereocenters. The van der Waals surface area contributed by atoms with E-state index >= 15 is 0 Å². The molecule has 0 saturated carbocycles. The Labute approximate surface area is 212 Å². The van der Waals surface area contributed by atoms with E-state index in [-0.39, 0.29) is 6.17 Å². The molecule has 2 heterocycles. The van der Waals surface area contributed by atoms with Gasteiger partial charge in [0, 0.05) is 21.9 Å². The molecule has 0 spiro atoms. The molecule has 1 aliphatic rings. The van der Waals surface area contributed by atoms with Crippen molar-refractivity contribution in [2.75, 3.05) is 0 Å². The van der Waals surface area contributed by atoms with Gasteiger partial charge in [0.2, 0.25) is 0 Å². The molecule has 0 radical (unpaired) electrons.